The molecular weight excluding hydrogens is 302 g/mol. The smallest absolute Gasteiger partial charge is 0.270 e. The highest BCUT2D eigenvalue weighted by molar-refractivity contribution is 5.99. The van der Waals surface area contributed by atoms with Crippen molar-refractivity contribution in [2.45, 2.75) is 25.8 Å². The molecule has 0 saturated heterocycles. The lowest BCUT2D eigenvalue weighted by Gasteiger charge is -2.18. The monoisotopic (exact) mass is 315 g/mol. The first-order valence-electron chi connectivity index (χ1n) is 6.95. The van der Waals surface area contributed by atoms with Gasteiger partial charge in [-0.25, -0.2) is 9.97 Å². The van der Waals surface area contributed by atoms with Crippen molar-refractivity contribution in [1.29, 1.82) is 0 Å². The molecule has 0 aromatic carbocycles. The SMILES string of the molecule is CC(NC(=O)c1ncnc2c1CCC(=O)N2)c1cc(C=O)no1. The lowest BCUT2D eigenvalue weighted by atomic mass is 10.0. The molecule has 1 aliphatic rings. The van der Waals surface area contributed by atoms with E-state index in [0.29, 0.717) is 29.8 Å². The average molecular weight is 315 g/mol. The Morgan fingerprint density at radius 3 is 3.00 bits per heavy atom. The quantitative estimate of drug-likeness (QED) is 0.793. The molecule has 0 spiro atoms. The van der Waals surface area contributed by atoms with Gasteiger partial charge in [0.2, 0.25) is 5.91 Å². The van der Waals surface area contributed by atoms with Gasteiger partial charge in [0, 0.05) is 18.1 Å². The molecule has 0 saturated carbocycles. The molecule has 9 heteroatoms. The molecule has 2 aromatic rings. The third-order valence-corrected chi connectivity index (χ3v) is 3.46. The standard InChI is InChI=1S/C14H13N5O4/c1-7(10-4-8(5-20)19-23-10)17-14(22)12-9-2-3-11(21)18-13(9)16-6-15-12/h4-7H,2-3H2,1H3,(H,17,22)(H,15,16,18,21). The van der Waals surface area contributed by atoms with E-state index in [0.717, 1.165) is 0 Å². The summed E-state index contributed by atoms with van der Waals surface area (Å²) >= 11 is 0. The van der Waals surface area contributed by atoms with Crippen LogP contribution in [0.5, 0.6) is 0 Å². The van der Waals surface area contributed by atoms with Crippen LogP contribution >= 0.6 is 0 Å². The Labute approximate surface area is 130 Å². The molecule has 23 heavy (non-hydrogen) atoms. The summed E-state index contributed by atoms with van der Waals surface area (Å²) in [4.78, 5) is 42.4. The van der Waals surface area contributed by atoms with E-state index in [2.05, 4.69) is 25.8 Å². The number of nitrogens with zero attached hydrogens (tertiary/aromatic N) is 3. The van der Waals surface area contributed by atoms with Gasteiger partial charge in [-0.2, -0.15) is 0 Å². The highest BCUT2D eigenvalue weighted by Gasteiger charge is 2.25. The Morgan fingerprint density at radius 1 is 1.43 bits per heavy atom. The minimum Gasteiger partial charge on any atom is -0.358 e. The fraction of sp³-hybridized carbons (Fsp3) is 0.286. The molecule has 1 atom stereocenters. The minimum absolute atomic E-state index is 0.140. The van der Waals surface area contributed by atoms with Crippen molar-refractivity contribution < 1.29 is 18.9 Å². The Morgan fingerprint density at radius 2 is 2.26 bits per heavy atom. The molecule has 1 aliphatic heterocycles. The van der Waals surface area contributed by atoms with Crippen LogP contribution in [-0.2, 0) is 11.2 Å². The van der Waals surface area contributed by atoms with E-state index in [-0.39, 0.29) is 23.7 Å². The van der Waals surface area contributed by atoms with Crippen molar-refractivity contribution in [3.05, 3.63) is 35.1 Å². The summed E-state index contributed by atoms with van der Waals surface area (Å²) in [5.41, 5.74) is 0.961. The number of amides is 2. The van der Waals surface area contributed by atoms with E-state index in [4.69, 9.17) is 4.52 Å². The van der Waals surface area contributed by atoms with Gasteiger partial charge in [0.25, 0.3) is 5.91 Å². The zero-order valence-electron chi connectivity index (χ0n) is 12.2. The molecule has 2 amide bonds. The molecule has 9 nitrogen and oxygen atoms in total. The number of hydrogen-bond donors (Lipinski definition) is 2. The average Bonchev–Trinajstić information content (AvgIpc) is 3.03. The topological polar surface area (TPSA) is 127 Å². The minimum atomic E-state index is -0.493. The van der Waals surface area contributed by atoms with Gasteiger partial charge in [-0.3, -0.25) is 14.4 Å². The second-order valence-corrected chi connectivity index (χ2v) is 5.06. The van der Waals surface area contributed by atoms with Crippen molar-refractivity contribution in [3.8, 4) is 0 Å². The van der Waals surface area contributed by atoms with E-state index in [9.17, 15) is 14.4 Å². The molecule has 0 bridgehead atoms. The van der Waals surface area contributed by atoms with Crippen molar-refractivity contribution in [2.75, 3.05) is 5.32 Å². The third kappa shape index (κ3) is 2.93. The van der Waals surface area contributed by atoms with Gasteiger partial charge in [-0.05, 0) is 13.3 Å². The van der Waals surface area contributed by atoms with Gasteiger partial charge in [-0.15, -0.1) is 0 Å². The zero-order chi connectivity index (χ0) is 16.4. The van der Waals surface area contributed by atoms with Crippen molar-refractivity contribution >= 4 is 23.9 Å². The van der Waals surface area contributed by atoms with E-state index >= 15 is 0 Å². The zero-order valence-corrected chi connectivity index (χ0v) is 12.2. The van der Waals surface area contributed by atoms with E-state index in [1.165, 1.54) is 12.4 Å². The highest BCUT2D eigenvalue weighted by Crippen LogP contribution is 2.22. The maximum absolute atomic E-state index is 12.4. The fourth-order valence-electron chi connectivity index (χ4n) is 2.29. The van der Waals surface area contributed by atoms with Crippen molar-refractivity contribution in [2.24, 2.45) is 0 Å². The summed E-state index contributed by atoms with van der Waals surface area (Å²) < 4.78 is 5.00. The largest absolute Gasteiger partial charge is 0.358 e. The van der Waals surface area contributed by atoms with Crippen LogP contribution in [0.25, 0.3) is 0 Å². The number of fused-ring (bicyclic) bond motifs is 1. The lowest BCUT2D eigenvalue weighted by molar-refractivity contribution is -0.116. The van der Waals surface area contributed by atoms with Crippen LogP contribution in [0.2, 0.25) is 0 Å². The van der Waals surface area contributed by atoms with Crippen LogP contribution in [0.1, 0.15) is 51.7 Å². The second kappa shape index (κ2) is 5.95. The molecule has 118 valence electrons. The van der Waals surface area contributed by atoms with E-state index in [1.54, 1.807) is 6.92 Å². The van der Waals surface area contributed by atoms with Gasteiger partial charge < -0.3 is 15.2 Å². The van der Waals surface area contributed by atoms with Gasteiger partial charge in [0.15, 0.2) is 12.0 Å². The van der Waals surface area contributed by atoms with Crippen molar-refractivity contribution in [3.63, 3.8) is 0 Å². The van der Waals surface area contributed by atoms with E-state index in [1.807, 2.05) is 0 Å². The number of hydrogen-bond acceptors (Lipinski definition) is 7. The Hall–Kier alpha value is -3.10. The van der Waals surface area contributed by atoms with Crippen LogP contribution in [0.3, 0.4) is 0 Å². The summed E-state index contributed by atoms with van der Waals surface area (Å²) in [5, 5.41) is 8.88. The summed E-state index contributed by atoms with van der Waals surface area (Å²) in [6.07, 6.45) is 2.46. The summed E-state index contributed by atoms with van der Waals surface area (Å²) in [7, 11) is 0. The molecule has 3 rings (SSSR count). The molecule has 2 aromatic heterocycles. The number of carbonyl (C=O) groups excluding carboxylic acids is 3. The van der Waals surface area contributed by atoms with Gasteiger partial charge in [0.05, 0.1) is 6.04 Å². The molecule has 0 fully saturated rings. The maximum atomic E-state index is 12.4. The first-order chi connectivity index (χ1) is 11.1. The Balaban J connectivity index is 1.79. The summed E-state index contributed by atoms with van der Waals surface area (Å²) in [6.45, 7) is 1.70. The van der Waals surface area contributed by atoms with Crippen LogP contribution in [0, 0.1) is 0 Å². The number of rotatable bonds is 4. The second-order valence-electron chi connectivity index (χ2n) is 5.06. The number of aldehydes is 1. The van der Waals surface area contributed by atoms with Crippen molar-refractivity contribution in [1.82, 2.24) is 20.4 Å². The van der Waals surface area contributed by atoms with Crippen LogP contribution in [0.15, 0.2) is 16.9 Å². The predicted molar refractivity (Wildman–Crippen MR) is 76.8 cm³/mol. The van der Waals surface area contributed by atoms with Gasteiger partial charge >= 0.3 is 0 Å². The lowest BCUT2D eigenvalue weighted by Crippen LogP contribution is -2.30. The molecule has 1 unspecified atom stereocenters. The van der Waals surface area contributed by atoms with Gasteiger partial charge in [0.1, 0.15) is 23.5 Å². The molecular formula is C14H13N5O4. The third-order valence-electron chi connectivity index (χ3n) is 3.46. The van der Waals surface area contributed by atoms with Crippen LogP contribution < -0.4 is 10.6 Å². The Kier molecular flexibility index (Phi) is 3.83. The first kappa shape index (κ1) is 14.8. The Bertz CT molecular complexity index is 785. The number of aromatic nitrogens is 3. The van der Waals surface area contributed by atoms with Crippen LogP contribution in [-0.4, -0.2) is 33.2 Å². The maximum Gasteiger partial charge on any atom is 0.270 e. The molecule has 0 radical (unpaired) electrons. The predicted octanol–water partition coefficient (Wildman–Crippen LogP) is 0.653. The normalized spacial score (nSPS) is 14.6. The molecule has 0 aliphatic carbocycles. The summed E-state index contributed by atoms with van der Waals surface area (Å²) in [6, 6.07) is 0.959. The fourth-order valence-corrected chi connectivity index (χ4v) is 2.29. The molecule has 2 N–H and O–H groups in total. The van der Waals surface area contributed by atoms with Gasteiger partial charge in [-0.1, -0.05) is 5.16 Å². The number of nitrogens with one attached hydrogen (secondary N) is 2. The number of anilines is 1. The summed E-state index contributed by atoms with van der Waals surface area (Å²) in [5.74, 6) is 0.156. The van der Waals surface area contributed by atoms with E-state index < -0.39 is 11.9 Å². The van der Waals surface area contributed by atoms with Crippen LogP contribution in [0.4, 0.5) is 5.82 Å². The number of carbonyl (C=O) groups is 3. The first-order valence-corrected chi connectivity index (χ1v) is 6.95. The molecule has 3 heterocycles. The highest BCUT2D eigenvalue weighted by atomic mass is 16.5.